The van der Waals surface area contributed by atoms with Crippen molar-refractivity contribution < 1.29 is 33.4 Å². The molecule has 2 heterocycles. The van der Waals surface area contributed by atoms with Gasteiger partial charge in [0.25, 0.3) is 5.91 Å². The van der Waals surface area contributed by atoms with Crippen molar-refractivity contribution >= 4 is 28.4 Å². The van der Waals surface area contributed by atoms with Crippen LogP contribution in [0.5, 0.6) is 23.0 Å². The number of rotatable bonds is 14. The number of aryl methyl sites for hydroxylation is 1. The molecule has 0 aliphatic carbocycles. The highest BCUT2D eigenvalue weighted by Gasteiger charge is 2.18. The second-order valence-electron chi connectivity index (χ2n) is 10.8. The van der Waals surface area contributed by atoms with Crippen LogP contribution in [0.3, 0.4) is 0 Å². The summed E-state index contributed by atoms with van der Waals surface area (Å²) in [5, 5.41) is 15.8. The van der Waals surface area contributed by atoms with E-state index in [1.165, 1.54) is 36.2 Å². The van der Waals surface area contributed by atoms with E-state index in [4.69, 9.17) is 19.4 Å². The molecule has 5 rings (SSSR count). The molecule has 0 aliphatic rings. The van der Waals surface area contributed by atoms with Crippen molar-refractivity contribution in [3.05, 3.63) is 106 Å². The maximum absolute atomic E-state index is 15.2. The monoisotopic (exact) mass is 655 g/mol. The molecule has 0 spiro atoms. The SMILES string of the molecule is COc1cc2c(Oc3ccc(NC(=O)c4nn(-c5ccccc5C)ccc4=O)c(F)c3)ccnc2cc1OCCCCCCC(=O)NO. The molecule has 0 saturated carbocycles. The summed E-state index contributed by atoms with van der Waals surface area (Å²) < 4.78 is 34.1. The second kappa shape index (κ2) is 15.6. The fourth-order valence-electron chi connectivity index (χ4n) is 4.96. The fraction of sp³-hybridized carbons (Fsp3) is 0.229. The minimum absolute atomic E-state index is 0.154. The van der Waals surface area contributed by atoms with Crippen LogP contribution in [0.4, 0.5) is 10.1 Å². The number of aromatic nitrogens is 3. The number of fused-ring (bicyclic) bond motifs is 1. The Bertz CT molecular complexity index is 2000. The molecule has 2 amide bonds. The van der Waals surface area contributed by atoms with Gasteiger partial charge < -0.3 is 19.5 Å². The number of amides is 2. The first kappa shape index (κ1) is 33.5. The normalized spacial score (nSPS) is 10.8. The van der Waals surface area contributed by atoms with E-state index in [1.54, 1.807) is 35.9 Å². The van der Waals surface area contributed by atoms with E-state index in [0.29, 0.717) is 46.9 Å². The number of pyridine rings is 1. The Morgan fingerprint density at radius 3 is 2.54 bits per heavy atom. The molecule has 0 atom stereocenters. The molecular weight excluding hydrogens is 621 g/mol. The third-order valence-electron chi connectivity index (χ3n) is 7.47. The Kier molecular flexibility index (Phi) is 10.9. The number of nitrogens with one attached hydrogen (secondary N) is 2. The molecule has 48 heavy (non-hydrogen) atoms. The quantitative estimate of drug-likeness (QED) is 0.0730. The summed E-state index contributed by atoms with van der Waals surface area (Å²) in [6.45, 7) is 2.30. The van der Waals surface area contributed by atoms with Crippen LogP contribution in [-0.2, 0) is 4.79 Å². The number of hydrogen-bond acceptors (Lipinski definition) is 9. The van der Waals surface area contributed by atoms with Gasteiger partial charge in [0, 0.05) is 42.4 Å². The van der Waals surface area contributed by atoms with Gasteiger partial charge >= 0.3 is 0 Å². The number of unbranched alkanes of at least 4 members (excludes halogenated alkanes) is 3. The first-order valence-corrected chi connectivity index (χ1v) is 15.2. The lowest BCUT2D eigenvalue weighted by Gasteiger charge is -2.14. The number of ether oxygens (including phenoxy) is 3. The molecule has 2 aromatic heterocycles. The summed E-state index contributed by atoms with van der Waals surface area (Å²) in [5.74, 6) is -0.527. The third kappa shape index (κ3) is 8.12. The highest BCUT2D eigenvalue weighted by Crippen LogP contribution is 2.37. The molecule has 0 unspecified atom stereocenters. The largest absolute Gasteiger partial charge is 0.493 e. The zero-order chi connectivity index (χ0) is 34.0. The molecule has 0 aliphatic heterocycles. The summed E-state index contributed by atoms with van der Waals surface area (Å²) in [4.78, 5) is 41.0. The van der Waals surface area contributed by atoms with Crippen LogP contribution in [-0.4, -0.2) is 45.5 Å². The van der Waals surface area contributed by atoms with E-state index >= 15 is 4.39 Å². The molecule has 5 aromatic rings. The smallest absolute Gasteiger partial charge is 0.280 e. The maximum atomic E-state index is 15.2. The number of para-hydroxylation sites is 1. The number of anilines is 1. The first-order chi connectivity index (χ1) is 23.3. The van der Waals surface area contributed by atoms with E-state index in [0.717, 1.165) is 30.9 Å². The lowest BCUT2D eigenvalue weighted by Crippen LogP contribution is -2.26. The van der Waals surface area contributed by atoms with Gasteiger partial charge in [0.05, 0.1) is 30.6 Å². The van der Waals surface area contributed by atoms with E-state index in [9.17, 15) is 14.4 Å². The van der Waals surface area contributed by atoms with Crippen LogP contribution in [0, 0.1) is 12.7 Å². The van der Waals surface area contributed by atoms with Crippen molar-refractivity contribution in [1.82, 2.24) is 20.2 Å². The molecule has 3 aromatic carbocycles. The summed E-state index contributed by atoms with van der Waals surface area (Å²) in [5.41, 5.74) is 2.63. The van der Waals surface area contributed by atoms with Crippen molar-refractivity contribution in [2.45, 2.75) is 39.0 Å². The average Bonchev–Trinajstić information content (AvgIpc) is 3.09. The number of halogens is 1. The third-order valence-corrected chi connectivity index (χ3v) is 7.47. The van der Waals surface area contributed by atoms with E-state index < -0.39 is 23.1 Å². The standard InChI is InChI=1S/C35H34FN5O7/c1-22-9-6-7-10-28(22)41-17-15-29(42)34(39-41)35(44)38-26-13-12-23(19-25(26)36)48-30-14-16-37-27-21-32(31(46-2)20-24(27)30)47-18-8-4-3-5-11-33(43)40-45/h6-7,9-10,12-17,19-21,45H,3-5,8,11,18H2,1-2H3,(H,38,44)(H,40,43). The lowest BCUT2D eigenvalue weighted by atomic mass is 10.1. The fourth-order valence-corrected chi connectivity index (χ4v) is 4.96. The molecule has 3 N–H and O–H groups in total. The van der Waals surface area contributed by atoms with Gasteiger partial charge in [-0.15, -0.1) is 0 Å². The van der Waals surface area contributed by atoms with Crippen molar-refractivity contribution in [2.24, 2.45) is 0 Å². The van der Waals surface area contributed by atoms with Crippen LogP contribution in [0.25, 0.3) is 16.6 Å². The number of carbonyl (C=O) groups excluding carboxylic acids is 2. The summed E-state index contributed by atoms with van der Waals surface area (Å²) in [7, 11) is 1.52. The molecule has 0 radical (unpaired) electrons. The van der Waals surface area contributed by atoms with Gasteiger partial charge in [-0.2, -0.15) is 5.10 Å². The topological polar surface area (TPSA) is 154 Å². The van der Waals surface area contributed by atoms with Crippen molar-refractivity contribution in [2.75, 3.05) is 19.0 Å². The highest BCUT2D eigenvalue weighted by molar-refractivity contribution is 6.02. The summed E-state index contributed by atoms with van der Waals surface area (Å²) in [6.07, 6.45) is 6.38. The van der Waals surface area contributed by atoms with Gasteiger partial charge in [-0.1, -0.05) is 31.0 Å². The number of hydrogen-bond donors (Lipinski definition) is 3. The van der Waals surface area contributed by atoms with Crippen LogP contribution in [0.1, 0.15) is 48.2 Å². The van der Waals surface area contributed by atoms with E-state index in [1.807, 2.05) is 25.1 Å². The van der Waals surface area contributed by atoms with Gasteiger partial charge in [-0.3, -0.25) is 24.6 Å². The number of benzene rings is 3. The summed E-state index contributed by atoms with van der Waals surface area (Å²) in [6, 6.07) is 17.6. The van der Waals surface area contributed by atoms with Crippen molar-refractivity contribution in [3.63, 3.8) is 0 Å². The average molecular weight is 656 g/mol. The molecule has 0 saturated heterocycles. The second-order valence-corrected chi connectivity index (χ2v) is 10.8. The van der Waals surface area contributed by atoms with Gasteiger partial charge in [0.15, 0.2) is 17.2 Å². The van der Waals surface area contributed by atoms with Crippen LogP contribution >= 0.6 is 0 Å². The van der Waals surface area contributed by atoms with E-state index in [-0.39, 0.29) is 23.6 Å². The van der Waals surface area contributed by atoms with Crippen LogP contribution in [0.15, 0.2) is 83.9 Å². The number of nitrogens with zero attached hydrogens (tertiary/aromatic N) is 3. The number of methoxy groups -OCH3 is 1. The molecular formula is C35H34FN5O7. The maximum Gasteiger partial charge on any atom is 0.280 e. The predicted octanol–water partition coefficient (Wildman–Crippen LogP) is 6.12. The zero-order valence-corrected chi connectivity index (χ0v) is 26.4. The van der Waals surface area contributed by atoms with Gasteiger partial charge in [0.2, 0.25) is 11.3 Å². The van der Waals surface area contributed by atoms with Crippen molar-refractivity contribution in [3.8, 4) is 28.7 Å². The molecule has 12 nitrogen and oxygen atoms in total. The zero-order valence-electron chi connectivity index (χ0n) is 26.4. The van der Waals surface area contributed by atoms with Gasteiger partial charge in [0.1, 0.15) is 17.3 Å². The predicted molar refractivity (Wildman–Crippen MR) is 176 cm³/mol. The Balaban J connectivity index is 1.26. The van der Waals surface area contributed by atoms with Crippen LogP contribution in [0.2, 0.25) is 0 Å². The highest BCUT2D eigenvalue weighted by atomic mass is 19.1. The Morgan fingerprint density at radius 2 is 1.77 bits per heavy atom. The first-order valence-electron chi connectivity index (χ1n) is 15.2. The minimum atomic E-state index is -0.854. The molecule has 0 bridgehead atoms. The summed E-state index contributed by atoms with van der Waals surface area (Å²) >= 11 is 0. The molecule has 248 valence electrons. The number of hydroxylamine groups is 1. The Morgan fingerprint density at radius 1 is 0.958 bits per heavy atom. The minimum Gasteiger partial charge on any atom is -0.493 e. The Labute approximate surface area is 275 Å². The van der Waals surface area contributed by atoms with Gasteiger partial charge in [-0.05, 0) is 55.7 Å². The Hall–Kier alpha value is -5.82. The molecule has 0 fully saturated rings. The lowest BCUT2D eigenvalue weighted by molar-refractivity contribution is -0.129. The number of carbonyl (C=O) groups is 2. The van der Waals surface area contributed by atoms with Crippen LogP contribution < -0.4 is 30.4 Å². The van der Waals surface area contributed by atoms with Crippen molar-refractivity contribution in [1.29, 1.82) is 0 Å². The van der Waals surface area contributed by atoms with E-state index in [2.05, 4.69) is 15.4 Å². The molecule has 13 heteroatoms. The van der Waals surface area contributed by atoms with Gasteiger partial charge in [-0.25, -0.2) is 14.6 Å².